The van der Waals surface area contributed by atoms with Gasteiger partial charge in [-0.15, -0.1) is 0 Å². The van der Waals surface area contributed by atoms with Crippen LogP contribution in [-0.2, 0) is 25.2 Å². The topological polar surface area (TPSA) is 113 Å². The van der Waals surface area contributed by atoms with E-state index in [4.69, 9.17) is 5.11 Å². The molecule has 3 N–H and O–H groups in total. The molecule has 0 radical (unpaired) electrons. The fourth-order valence-electron chi connectivity index (χ4n) is 0.883. The summed E-state index contributed by atoms with van der Waals surface area (Å²) in [7, 11) is -0.234. The van der Waals surface area contributed by atoms with E-state index in [0.29, 0.717) is 0 Å². The molecular weight excluding hydrogens is 236 g/mol. The van der Waals surface area contributed by atoms with Crippen LogP contribution in [0.4, 0.5) is 0 Å². The average molecular weight is 250 g/mol. The number of nitrogens with one attached hydrogen (secondary N) is 2. The SMILES string of the molecule is CNC(=O)CS(=O)C[C@H](NC(C)=O)C(=O)O. The van der Waals surface area contributed by atoms with Crippen molar-refractivity contribution in [3.63, 3.8) is 0 Å². The number of carboxylic acids is 1. The van der Waals surface area contributed by atoms with E-state index in [1.807, 2.05) is 0 Å². The molecule has 0 aromatic carbocycles. The number of carbonyl (C=O) groups is 3. The summed E-state index contributed by atoms with van der Waals surface area (Å²) in [6, 6.07) is -1.23. The maximum atomic E-state index is 11.3. The lowest BCUT2D eigenvalue weighted by Crippen LogP contribution is -2.44. The second kappa shape index (κ2) is 6.94. The molecule has 2 atom stereocenters. The van der Waals surface area contributed by atoms with Crippen molar-refractivity contribution in [2.24, 2.45) is 0 Å². The van der Waals surface area contributed by atoms with Gasteiger partial charge in [0.15, 0.2) is 0 Å². The normalized spacial score (nSPS) is 13.6. The van der Waals surface area contributed by atoms with E-state index < -0.39 is 34.6 Å². The van der Waals surface area contributed by atoms with Gasteiger partial charge in [0, 0.05) is 24.8 Å². The van der Waals surface area contributed by atoms with Crippen LogP contribution in [0.25, 0.3) is 0 Å². The van der Waals surface area contributed by atoms with Crippen molar-refractivity contribution in [2.75, 3.05) is 18.6 Å². The van der Waals surface area contributed by atoms with Crippen LogP contribution in [0, 0.1) is 0 Å². The van der Waals surface area contributed by atoms with E-state index in [-0.39, 0.29) is 11.5 Å². The number of aliphatic carboxylic acids is 1. The van der Waals surface area contributed by atoms with Crippen LogP contribution < -0.4 is 10.6 Å². The second-order valence-electron chi connectivity index (χ2n) is 3.02. The van der Waals surface area contributed by atoms with E-state index in [1.54, 1.807) is 0 Å². The molecule has 0 fully saturated rings. The minimum absolute atomic E-state index is 0.278. The predicted molar refractivity (Wildman–Crippen MR) is 57.2 cm³/mol. The van der Waals surface area contributed by atoms with Gasteiger partial charge in [-0.2, -0.15) is 0 Å². The van der Waals surface area contributed by atoms with Crippen LogP contribution in [-0.4, -0.2) is 51.7 Å². The van der Waals surface area contributed by atoms with Crippen molar-refractivity contribution in [3.8, 4) is 0 Å². The van der Waals surface area contributed by atoms with Crippen molar-refractivity contribution in [2.45, 2.75) is 13.0 Å². The molecule has 0 rings (SSSR count). The number of hydrogen-bond acceptors (Lipinski definition) is 4. The van der Waals surface area contributed by atoms with Crippen molar-refractivity contribution < 1.29 is 23.7 Å². The van der Waals surface area contributed by atoms with E-state index >= 15 is 0 Å². The van der Waals surface area contributed by atoms with Crippen molar-refractivity contribution in [1.29, 1.82) is 0 Å². The zero-order chi connectivity index (χ0) is 12.7. The highest BCUT2D eigenvalue weighted by Gasteiger charge is 2.22. The Hall–Kier alpha value is -1.44. The van der Waals surface area contributed by atoms with Crippen LogP contribution in [0.2, 0.25) is 0 Å². The Balaban J connectivity index is 4.29. The molecule has 8 heteroatoms. The molecule has 0 aromatic rings. The number of hydrogen-bond donors (Lipinski definition) is 3. The molecule has 0 spiro atoms. The summed E-state index contributed by atoms with van der Waals surface area (Å²) >= 11 is 0. The third kappa shape index (κ3) is 6.12. The first kappa shape index (κ1) is 14.6. The van der Waals surface area contributed by atoms with E-state index in [0.717, 1.165) is 6.92 Å². The molecule has 0 aliphatic carbocycles. The molecule has 0 aliphatic heterocycles. The minimum Gasteiger partial charge on any atom is -0.480 e. The van der Waals surface area contributed by atoms with Crippen molar-refractivity contribution in [3.05, 3.63) is 0 Å². The van der Waals surface area contributed by atoms with Gasteiger partial charge in [0.25, 0.3) is 0 Å². The van der Waals surface area contributed by atoms with Crippen molar-refractivity contribution in [1.82, 2.24) is 10.6 Å². The van der Waals surface area contributed by atoms with Gasteiger partial charge < -0.3 is 15.7 Å². The molecule has 92 valence electrons. The number of rotatable bonds is 6. The Morgan fingerprint density at radius 1 is 1.38 bits per heavy atom. The molecule has 0 saturated carbocycles. The highest BCUT2D eigenvalue weighted by molar-refractivity contribution is 7.85. The quantitative estimate of drug-likeness (QED) is 0.508. The Labute approximate surface area is 95.0 Å². The summed E-state index contributed by atoms with van der Waals surface area (Å²) in [6.45, 7) is 1.16. The summed E-state index contributed by atoms with van der Waals surface area (Å²) in [5, 5.41) is 13.1. The molecule has 0 saturated heterocycles. The van der Waals surface area contributed by atoms with Crippen molar-refractivity contribution >= 4 is 28.6 Å². The summed E-state index contributed by atoms with van der Waals surface area (Å²) in [5.41, 5.74) is 0. The average Bonchev–Trinajstić information content (AvgIpc) is 2.15. The van der Waals surface area contributed by atoms with Gasteiger partial charge in [-0.05, 0) is 0 Å². The highest BCUT2D eigenvalue weighted by Crippen LogP contribution is 1.91. The van der Waals surface area contributed by atoms with E-state index in [2.05, 4.69) is 10.6 Å². The Morgan fingerprint density at radius 2 is 1.94 bits per heavy atom. The van der Waals surface area contributed by atoms with Gasteiger partial charge in [0.1, 0.15) is 11.8 Å². The smallest absolute Gasteiger partial charge is 0.327 e. The number of carbonyl (C=O) groups excluding carboxylic acids is 2. The van der Waals surface area contributed by atoms with Gasteiger partial charge in [0.2, 0.25) is 11.8 Å². The summed E-state index contributed by atoms with van der Waals surface area (Å²) < 4.78 is 11.3. The molecule has 7 nitrogen and oxygen atoms in total. The van der Waals surface area contributed by atoms with Gasteiger partial charge in [-0.25, -0.2) is 4.79 Å². The van der Waals surface area contributed by atoms with E-state index in [9.17, 15) is 18.6 Å². The zero-order valence-electron chi connectivity index (χ0n) is 8.98. The van der Waals surface area contributed by atoms with Crippen LogP contribution in [0.3, 0.4) is 0 Å². The number of amides is 2. The van der Waals surface area contributed by atoms with E-state index in [1.165, 1.54) is 7.05 Å². The third-order valence-corrected chi connectivity index (χ3v) is 2.89. The van der Waals surface area contributed by atoms with Crippen LogP contribution in [0.15, 0.2) is 0 Å². The molecule has 16 heavy (non-hydrogen) atoms. The van der Waals surface area contributed by atoms with Crippen LogP contribution in [0.5, 0.6) is 0 Å². The summed E-state index contributed by atoms with van der Waals surface area (Å²) in [4.78, 5) is 32.2. The Bertz CT molecular complexity index is 318. The van der Waals surface area contributed by atoms with Gasteiger partial charge in [0.05, 0.1) is 5.75 Å². The molecule has 0 aromatic heterocycles. The predicted octanol–water partition coefficient (Wildman–Crippen LogP) is -1.93. The molecular formula is C8H14N2O5S. The first-order valence-corrected chi connectivity index (χ1v) is 5.91. The summed E-state index contributed by atoms with van der Waals surface area (Å²) in [5.74, 6) is -2.81. The van der Waals surface area contributed by atoms with Gasteiger partial charge in [-0.1, -0.05) is 0 Å². The first-order valence-electron chi connectivity index (χ1n) is 4.42. The Morgan fingerprint density at radius 3 is 2.31 bits per heavy atom. The second-order valence-corrected chi connectivity index (χ2v) is 4.52. The lowest BCUT2D eigenvalue weighted by molar-refractivity contribution is -0.140. The zero-order valence-corrected chi connectivity index (χ0v) is 9.80. The standard InChI is InChI=1S/C8H14N2O5S/c1-5(11)10-6(8(13)14)3-16(15)4-7(12)9-2/h6H,3-4H2,1-2H3,(H,9,12)(H,10,11)(H,13,14)/t6-,16?/m0/s1. The largest absolute Gasteiger partial charge is 0.480 e. The van der Waals surface area contributed by atoms with Crippen LogP contribution in [0.1, 0.15) is 6.92 Å². The van der Waals surface area contributed by atoms with Gasteiger partial charge in [-0.3, -0.25) is 13.8 Å². The molecule has 0 bridgehead atoms. The summed E-state index contributed by atoms with van der Waals surface area (Å²) in [6.07, 6.45) is 0. The minimum atomic E-state index is -1.62. The van der Waals surface area contributed by atoms with Crippen LogP contribution >= 0.6 is 0 Å². The maximum absolute atomic E-state index is 11.3. The third-order valence-electron chi connectivity index (χ3n) is 1.60. The fourth-order valence-corrected chi connectivity index (χ4v) is 2.04. The first-order chi connectivity index (χ1) is 7.36. The molecule has 1 unspecified atom stereocenters. The monoisotopic (exact) mass is 250 g/mol. The fraction of sp³-hybridized carbons (Fsp3) is 0.625. The molecule has 0 aliphatic rings. The Kier molecular flexibility index (Phi) is 6.31. The highest BCUT2D eigenvalue weighted by atomic mass is 32.2. The maximum Gasteiger partial charge on any atom is 0.327 e. The van der Waals surface area contributed by atoms with Gasteiger partial charge >= 0.3 is 5.97 Å². The number of carboxylic acid groups (broad SMARTS) is 1. The lowest BCUT2D eigenvalue weighted by Gasteiger charge is -2.12. The lowest BCUT2D eigenvalue weighted by atomic mass is 10.3. The molecule has 2 amide bonds. The molecule has 0 heterocycles.